The molecule has 0 saturated heterocycles. The van der Waals surface area contributed by atoms with Gasteiger partial charge in [0.05, 0.1) is 22.5 Å². The lowest BCUT2D eigenvalue weighted by atomic mass is 9.95. The number of nitrogens with one attached hydrogen (secondary N) is 1. The van der Waals surface area contributed by atoms with Gasteiger partial charge in [0.2, 0.25) is 17.3 Å². The number of primary amides is 1. The lowest BCUT2D eigenvalue weighted by molar-refractivity contribution is -0.670. The van der Waals surface area contributed by atoms with Crippen LogP contribution in [0.3, 0.4) is 0 Å². The van der Waals surface area contributed by atoms with E-state index >= 15 is 0 Å². The summed E-state index contributed by atoms with van der Waals surface area (Å²) >= 11 is 8.05. The monoisotopic (exact) mass is 535 g/mol. The summed E-state index contributed by atoms with van der Waals surface area (Å²) in [4.78, 5) is 27.6. The van der Waals surface area contributed by atoms with Crippen molar-refractivity contribution in [3.63, 3.8) is 0 Å². The van der Waals surface area contributed by atoms with Crippen LogP contribution in [0.25, 0.3) is 17.0 Å². The van der Waals surface area contributed by atoms with Gasteiger partial charge in [0.15, 0.2) is 12.7 Å². The van der Waals surface area contributed by atoms with Crippen LogP contribution in [-0.2, 0) is 16.1 Å². The van der Waals surface area contributed by atoms with E-state index in [1.165, 1.54) is 24.2 Å². The van der Waals surface area contributed by atoms with Crippen molar-refractivity contribution in [3.05, 3.63) is 70.3 Å². The molecule has 2 aromatic carbocycles. The molecule has 0 atom stereocenters. The van der Waals surface area contributed by atoms with Crippen LogP contribution in [-0.4, -0.2) is 24.4 Å². The maximum Gasteiger partial charge on any atom is 0.223 e. The molecule has 5 rings (SSSR count). The smallest absolute Gasteiger partial charge is 0.223 e. The van der Waals surface area contributed by atoms with Crippen molar-refractivity contribution in [2.24, 2.45) is 5.73 Å². The van der Waals surface area contributed by atoms with E-state index in [2.05, 4.69) is 34.5 Å². The molecule has 1 aliphatic heterocycles. The number of anilines is 1. The minimum absolute atomic E-state index is 0.121. The number of pyridine rings is 1. The Morgan fingerprint density at radius 1 is 1.11 bits per heavy atom. The summed E-state index contributed by atoms with van der Waals surface area (Å²) in [5.74, 6) is -0.215. The number of para-hydroxylation sites is 1. The molecular formula is C29H32ClN4O2S+. The van der Waals surface area contributed by atoms with Crippen molar-refractivity contribution in [1.29, 1.82) is 0 Å². The molecule has 1 aliphatic carbocycles. The Balaban J connectivity index is 1.42. The van der Waals surface area contributed by atoms with Gasteiger partial charge in [0.25, 0.3) is 0 Å². The molecule has 1 saturated carbocycles. The van der Waals surface area contributed by atoms with Crippen LogP contribution in [0, 0.1) is 0 Å². The molecule has 0 bridgehead atoms. The molecule has 1 aromatic heterocycles. The first-order chi connectivity index (χ1) is 18.0. The number of nitrogens with zero attached hydrogens (tertiary/aromatic N) is 2. The van der Waals surface area contributed by atoms with E-state index in [4.69, 9.17) is 17.3 Å². The number of amides is 2. The minimum atomic E-state index is -0.336. The second kappa shape index (κ2) is 11.6. The third-order valence-electron chi connectivity index (χ3n) is 7.06. The Hall–Kier alpha value is -3.03. The summed E-state index contributed by atoms with van der Waals surface area (Å²) in [5.41, 5.74) is 8.51. The third-order valence-corrected chi connectivity index (χ3v) is 8.41. The highest BCUT2D eigenvalue weighted by molar-refractivity contribution is 8.03. The van der Waals surface area contributed by atoms with Gasteiger partial charge in [-0.3, -0.25) is 9.59 Å². The van der Waals surface area contributed by atoms with E-state index in [9.17, 15) is 9.59 Å². The first-order valence-corrected chi connectivity index (χ1v) is 14.1. The normalized spacial score (nSPS) is 16.8. The molecule has 0 radical (unpaired) electrons. The highest BCUT2D eigenvalue weighted by Gasteiger charge is 2.26. The van der Waals surface area contributed by atoms with Gasteiger partial charge in [0, 0.05) is 41.1 Å². The van der Waals surface area contributed by atoms with Crippen molar-refractivity contribution >= 4 is 57.8 Å². The first kappa shape index (κ1) is 25.6. The highest BCUT2D eigenvalue weighted by Crippen LogP contribution is 2.46. The molecular weight excluding hydrogens is 504 g/mol. The molecule has 6 nitrogen and oxygen atoms in total. The van der Waals surface area contributed by atoms with Gasteiger partial charge in [-0.2, -0.15) is 4.57 Å². The number of carbonyl (C=O) groups excluding carboxylic acids is 2. The molecule has 3 N–H and O–H groups in total. The molecule has 2 aliphatic rings. The SMILES string of the molecule is NC(=O)CC[n+]1ccc(C=C2Sc3ccccc3N2CCC(=O)NC2CCCCC2)c2ccc(Cl)cc21. The predicted octanol–water partition coefficient (Wildman–Crippen LogP) is 5.41. The number of hydrogen-bond acceptors (Lipinski definition) is 4. The summed E-state index contributed by atoms with van der Waals surface area (Å²) in [5, 5.41) is 6.00. The van der Waals surface area contributed by atoms with Gasteiger partial charge in [-0.1, -0.05) is 54.8 Å². The molecule has 2 heterocycles. The van der Waals surface area contributed by atoms with Crippen LogP contribution >= 0.6 is 23.4 Å². The number of thioether (sulfide) groups is 1. The zero-order valence-corrected chi connectivity index (χ0v) is 22.4. The number of aromatic nitrogens is 1. The number of fused-ring (bicyclic) bond motifs is 2. The summed E-state index contributed by atoms with van der Waals surface area (Å²) in [6.07, 6.45) is 10.7. The van der Waals surface area contributed by atoms with Crippen LogP contribution in [0.15, 0.2) is 64.7 Å². The number of halogens is 1. The lowest BCUT2D eigenvalue weighted by Gasteiger charge is -2.24. The first-order valence-electron chi connectivity index (χ1n) is 12.9. The van der Waals surface area contributed by atoms with Crippen molar-refractivity contribution in [1.82, 2.24) is 5.32 Å². The average molecular weight is 536 g/mol. The Labute approximate surface area is 226 Å². The van der Waals surface area contributed by atoms with Gasteiger partial charge >= 0.3 is 0 Å². The Morgan fingerprint density at radius 2 is 1.92 bits per heavy atom. The molecule has 3 aromatic rings. The molecule has 0 unspecified atom stereocenters. The van der Waals surface area contributed by atoms with E-state index in [1.54, 1.807) is 11.8 Å². The Bertz CT molecular complexity index is 1350. The van der Waals surface area contributed by atoms with Gasteiger partial charge in [-0.15, -0.1) is 0 Å². The predicted molar refractivity (Wildman–Crippen MR) is 150 cm³/mol. The lowest BCUT2D eigenvalue weighted by Crippen LogP contribution is -2.37. The molecule has 0 spiro atoms. The van der Waals surface area contributed by atoms with Crippen molar-refractivity contribution in [3.8, 4) is 0 Å². The van der Waals surface area contributed by atoms with Gasteiger partial charge in [-0.25, -0.2) is 0 Å². The van der Waals surface area contributed by atoms with Gasteiger partial charge in [0.1, 0.15) is 0 Å². The maximum absolute atomic E-state index is 12.8. The van der Waals surface area contributed by atoms with Crippen LogP contribution in [0.5, 0.6) is 0 Å². The van der Waals surface area contributed by atoms with Crippen molar-refractivity contribution in [2.75, 3.05) is 11.4 Å². The summed E-state index contributed by atoms with van der Waals surface area (Å²) < 4.78 is 2.01. The Kier molecular flexibility index (Phi) is 8.01. The van der Waals surface area contributed by atoms with Crippen LogP contribution < -0.4 is 20.5 Å². The van der Waals surface area contributed by atoms with Gasteiger partial charge < -0.3 is 16.0 Å². The van der Waals surface area contributed by atoms with Crippen LogP contribution in [0.2, 0.25) is 5.02 Å². The minimum Gasteiger partial charge on any atom is -0.369 e. The fourth-order valence-corrected chi connectivity index (χ4v) is 6.47. The molecule has 1 fully saturated rings. The van der Waals surface area contributed by atoms with E-state index in [0.29, 0.717) is 30.6 Å². The fourth-order valence-electron chi connectivity index (χ4n) is 5.16. The number of aryl methyl sites for hydroxylation is 1. The summed E-state index contributed by atoms with van der Waals surface area (Å²) in [7, 11) is 0. The maximum atomic E-state index is 12.8. The number of nitrogens with two attached hydrogens (primary N) is 1. The topological polar surface area (TPSA) is 79.3 Å². The highest BCUT2D eigenvalue weighted by atomic mass is 35.5. The number of hydrogen-bond donors (Lipinski definition) is 2. The van der Waals surface area contributed by atoms with Gasteiger partial charge in [-0.05, 0) is 48.7 Å². The van der Waals surface area contributed by atoms with E-state index in [-0.39, 0.29) is 18.2 Å². The number of benzene rings is 2. The number of rotatable bonds is 8. The molecule has 8 heteroatoms. The Morgan fingerprint density at radius 3 is 2.73 bits per heavy atom. The van der Waals surface area contributed by atoms with Crippen LogP contribution in [0.4, 0.5) is 5.69 Å². The van der Waals surface area contributed by atoms with Crippen molar-refractivity contribution < 1.29 is 14.2 Å². The molecule has 37 heavy (non-hydrogen) atoms. The summed E-state index contributed by atoms with van der Waals surface area (Å²) in [6, 6.07) is 16.5. The fraction of sp³-hybridized carbons (Fsp3) is 0.345. The molecule has 192 valence electrons. The summed E-state index contributed by atoms with van der Waals surface area (Å²) in [6.45, 7) is 1.11. The average Bonchev–Trinajstić information content (AvgIpc) is 3.24. The zero-order chi connectivity index (χ0) is 25.8. The number of carbonyl (C=O) groups is 2. The standard InChI is InChI=1S/C29H31ClN4O2S/c30-21-10-11-23-20(12-15-33(25(23)19-21)16-13-27(31)35)18-29-34(24-8-4-5-9-26(24)37-29)17-14-28(36)32-22-6-2-1-3-7-22/h4-5,8-12,15,18-19,22H,1-3,6-7,13-14,16-17H2,(H2-,31,32,35,36)/p+1. The second-order valence-corrected chi connectivity index (χ2v) is 11.2. The van der Waals surface area contributed by atoms with E-state index in [0.717, 1.165) is 40.0 Å². The molecule has 2 amide bonds. The zero-order valence-electron chi connectivity index (χ0n) is 20.8. The quantitative estimate of drug-likeness (QED) is 0.378. The van der Waals surface area contributed by atoms with E-state index in [1.807, 2.05) is 41.1 Å². The largest absolute Gasteiger partial charge is 0.369 e. The third kappa shape index (κ3) is 6.11. The second-order valence-electron chi connectivity index (χ2n) is 9.70. The van der Waals surface area contributed by atoms with Crippen molar-refractivity contribution in [2.45, 2.75) is 62.4 Å². The van der Waals surface area contributed by atoms with E-state index < -0.39 is 0 Å². The van der Waals surface area contributed by atoms with Crippen LogP contribution in [0.1, 0.15) is 50.5 Å².